The Morgan fingerprint density at radius 1 is 1.17 bits per heavy atom. The van der Waals surface area contributed by atoms with Gasteiger partial charge in [0.1, 0.15) is 5.82 Å². The predicted octanol–water partition coefficient (Wildman–Crippen LogP) is 3.76. The van der Waals surface area contributed by atoms with Crippen LogP contribution >= 0.6 is 0 Å². The fourth-order valence-electron chi connectivity index (χ4n) is 3.46. The van der Waals surface area contributed by atoms with E-state index in [-0.39, 0.29) is 6.03 Å². The molecule has 2 aromatic carbocycles. The van der Waals surface area contributed by atoms with Gasteiger partial charge < -0.3 is 15.1 Å². The first-order chi connectivity index (χ1) is 13.9. The Hall–Kier alpha value is -2.93. The maximum absolute atomic E-state index is 12.6. The van der Waals surface area contributed by atoms with Gasteiger partial charge in [-0.2, -0.15) is 0 Å². The van der Waals surface area contributed by atoms with E-state index in [1.807, 2.05) is 55.5 Å². The highest BCUT2D eigenvalue weighted by Gasteiger charge is 2.21. The molecular weight excluding hydrogens is 384 g/mol. The van der Waals surface area contributed by atoms with Crippen molar-refractivity contribution in [3.05, 3.63) is 59.7 Å². The van der Waals surface area contributed by atoms with Crippen molar-refractivity contribution < 1.29 is 9.00 Å². The van der Waals surface area contributed by atoms with Crippen molar-refractivity contribution in [3.8, 4) is 0 Å². The Balaban J connectivity index is 1.79. The third kappa shape index (κ3) is 3.96. The summed E-state index contributed by atoms with van der Waals surface area (Å²) in [5, 5.41) is 3.90. The summed E-state index contributed by atoms with van der Waals surface area (Å²) in [5.74, 6) is 1.31. The molecule has 4 rings (SSSR count). The molecule has 29 heavy (non-hydrogen) atoms. The van der Waals surface area contributed by atoms with Crippen LogP contribution < -0.4 is 10.2 Å². The standard InChI is InChI=1S/C22H24N4O2S/c1-15-8-9-18-17(12-15)19(24-22(27)25(2)3)13-21(23-18)26-10-11-29(28)20-7-5-4-6-16(20)14-26/h4-9,12-13H,10-11,14H2,1-3H3,(H,23,24,27). The first-order valence-electron chi connectivity index (χ1n) is 9.53. The molecule has 1 unspecified atom stereocenters. The lowest BCUT2D eigenvalue weighted by molar-refractivity contribution is 0.231. The molecule has 0 spiro atoms. The number of aromatic nitrogens is 1. The topological polar surface area (TPSA) is 65.5 Å². The summed E-state index contributed by atoms with van der Waals surface area (Å²) in [4.78, 5) is 21.7. The second kappa shape index (κ2) is 7.83. The first-order valence-corrected chi connectivity index (χ1v) is 10.9. The Kier molecular flexibility index (Phi) is 5.24. The van der Waals surface area contributed by atoms with E-state index >= 15 is 0 Å². The van der Waals surface area contributed by atoms with Gasteiger partial charge in [0.25, 0.3) is 0 Å². The second-order valence-corrected chi connectivity index (χ2v) is 8.99. The van der Waals surface area contributed by atoms with Gasteiger partial charge in [0.05, 0.1) is 22.0 Å². The number of carbonyl (C=O) groups excluding carboxylic acids is 1. The van der Waals surface area contributed by atoms with Gasteiger partial charge in [0, 0.05) is 49.3 Å². The summed E-state index contributed by atoms with van der Waals surface area (Å²) in [6.07, 6.45) is 0. The molecule has 0 saturated heterocycles. The molecule has 1 aliphatic heterocycles. The maximum Gasteiger partial charge on any atom is 0.321 e. The van der Waals surface area contributed by atoms with Crippen LogP contribution in [-0.2, 0) is 17.3 Å². The molecule has 0 aliphatic carbocycles. The molecule has 0 saturated carbocycles. The highest BCUT2D eigenvalue weighted by Crippen LogP contribution is 2.30. The van der Waals surface area contributed by atoms with Crippen molar-refractivity contribution in [1.82, 2.24) is 9.88 Å². The van der Waals surface area contributed by atoms with E-state index in [1.165, 1.54) is 4.90 Å². The summed E-state index contributed by atoms with van der Waals surface area (Å²) >= 11 is 0. The molecule has 150 valence electrons. The van der Waals surface area contributed by atoms with Crippen LogP contribution in [0.25, 0.3) is 10.9 Å². The molecule has 6 nitrogen and oxygen atoms in total. The minimum atomic E-state index is -1.02. The summed E-state index contributed by atoms with van der Waals surface area (Å²) in [7, 11) is 2.40. The summed E-state index contributed by atoms with van der Waals surface area (Å²) in [6.45, 7) is 3.28. The van der Waals surface area contributed by atoms with Gasteiger partial charge in [-0.05, 0) is 30.7 Å². The lowest BCUT2D eigenvalue weighted by Crippen LogP contribution is -2.28. The molecule has 0 fully saturated rings. The molecular formula is C22H24N4O2S. The molecule has 1 aliphatic rings. The number of amides is 2. The molecule has 3 aromatic rings. The van der Waals surface area contributed by atoms with E-state index < -0.39 is 10.8 Å². The Bertz CT molecular complexity index is 1110. The van der Waals surface area contributed by atoms with Crippen molar-refractivity contribution in [2.24, 2.45) is 0 Å². The van der Waals surface area contributed by atoms with Crippen LogP contribution in [0.2, 0.25) is 0 Å². The number of pyridine rings is 1. The van der Waals surface area contributed by atoms with Crippen LogP contribution in [-0.4, -0.2) is 46.5 Å². The summed E-state index contributed by atoms with van der Waals surface area (Å²) in [6, 6.07) is 15.6. The van der Waals surface area contributed by atoms with Gasteiger partial charge in [-0.25, -0.2) is 9.78 Å². The van der Waals surface area contributed by atoms with Crippen molar-refractivity contribution >= 4 is 39.2 Å². The van der Waals surface area contributed by atoms with E-state index in [9.17, 15) is 9.00 Å². The Morgan fingerprint density at radius 2 is 1.97 bits per heavy atom. The number of carbonyl (C=O) groups is 1. The summed E-state index contributed by atoms with van der Waals surface area (Å²) in [5.41, 5.74) is 3.70. The molecule has 1 N–H and O–H groups in total. The zero-order valence-electron chi connectivity index (χ0n) is 16.8. The average molecular weight is 409 g/mol. The minimum Gasteiger partial charge on any atom is -0.351 e. The second-order valence-electron chi connectivity index (χ2n) is 7.45. The maximum atomic E-state index is 12.6. The third-order valence-electron chi connectivity index (χ3n) is 5.05. The van der Waals surface area contributed by atoms with E-state index in [2.05, 4.69) is 10.2 Å². The van der Waals surface area contributed by atoms with Crippen molar-refractivity contribution in [2.45, 2.75) is 18.4 Å². The number of rotatable bonds is 2. The SMILES string of the molecule is Cc1ccc2nc(N3CCS(=O)c4ccccc4C3)cc(NC(=O)N(C)C)c2c1. The predicted molar refractivity (Wildman–Crippen MR) is 118 cm³/mol. The van der Waals surface area contributed by atoms with Crippen molar-refractivity contribution in [1.29, 1.82) is 0 Å². The number of fused-ring (bicyclic) bond motifs is 2. The van der Waals surface area contributed by atoms with Crippen LogP contribution in [0.5, 0.6) is 0 Å². The van der Waals surface area contributed by atoms with Gasteiger partial charge in [-0.1, -0.05) is 29.8 Å². The number of hydrogen-bond acceptors (Lipinski definition) is 4. The highest BCUT2D eigenvalue weighted by molar-refractivity contribution is 7.85. The minimum absolute atomic E-state index is 0.188. The molecule has 2 amide bonds. The van der Waals surface area contributed by atoms with Crippen LogP contribution in [0.3, 0.4) is 0 Å². The lowest BCUT2D eigenvalue weighted by atomic mass is 10.1. The number of urea groups is 1. The smallest absolute Gasteiger partial charge is 0.321 e. The molecule has 1 atom stereocenters. The fourth-order valence-corrected chi connectivity index (χ4v) is 4.72. The largest absolute Gasteiger partial charge is 0.351 e. The first kappa shape index (κ1) is 19.4. The highest BCUT2D eigenvalue weighted by atomic mass is 32.2. The Labute approximate surface area is 173 Å². The van der Waals surface area contributed by atoms with Crippen molar-refractivity contribution in [2.75, 3.05) is 36.6 Å². The number of benzene rings is 2. The van der Waals surface area contributed by atoms with Crippen LogP contribution in [0.4, 0.5) is 16.3 Å². The van der Waals surface area contributed by atoms with Gasteiger partial charge >= 0.3 is 6.03 Å². The fraction of sp³-hybridized carbons (Fsp3) is 0.273. The third-order valence-corrected chi connectivity index (χ3v) is 6.49. The van der Waals surface area contributed by atoms with Crippen LogP contribution in [0.1, 0.15) is 11.1 Å². The molecule has 7 heteroatoms. The molecule has 1 aromatic heterocycles. The van der Waals surface area contributed by atoms with Gasteiger partial charge in [-0.3, -0.25) is 4.21 Å². The molecule has 2 heterocycles. The van der Waals surface area contributed by atoms with Crippen molar-refractivity contribution in [3.63, 3.8) is 0 Å². The Morgan fingerprint density at radius 3 is 2.76 bits per heavy atom. The zero-order chi connectivity index (χ0) is 20.5. The van der Waals surface area contributed by atoms with Crippen LogP contribution in [0, 0.1) is 6.92 Å². The number of anilines is 2. The average Bonchev–Trinajstić information content (AvgIpc) is 2.87. The normalized spacial score (nSPS) is 16.2. The lowest BCUT2D eigenvalue weighted by Gasteiger charge is -2.23. The van der Waals surface area contributed by atoms with E-state index in [0.29, 0.717) is 18.8 Å². The number of nitrogens with one attached hydrogen (secondary N) is 1. The van der Waals surface area contributed by atoms with E-state index in [4.69, 9.17) is 4.98 Å². The molecule has 0 bridgehead atoms. The van der Waals surface area contributed by atoms with E-state index in [1.54, 1.807) is 14.1 Å². The quantitative estimate of drug-likeness (QED) is 0.701. The summed E-state index contributed by atoms with van der Waals surface area (Å²) < 4.78 is 12.6. The van der Waals surface area contributed by atoms with Gasteiger partial charge in [0.2, 0.25) is 0 Å². The number of hydrogen-bond donors (Lipinski definition) is 1. The molecule has 0 radical (unpaired) electrons. The number of aryl methyl sites for hydroxylation is 1. The number of nitrogens with zero attached hydrogens (tertiary/aromatic N) is 3. The zero-order valence-corrected chi connectivity index (χ0v) is 17.6. The monoisotopic (exact) mass is 408 g/mol. The van der Waals surface area contributed by atoms with Gasteiger partial charge in [0.15, 0.2) is 0 Å². The van der Waals surface area contributed by atoms with Crippen LogP contribution in [0.15, 0.2) is 53.4 Å². The van der Waals surface area contributed by atoms with E-state index in [0.717, 1.165) is 38.4 Å². The van der Waals surface area contributed by atoms with Gasteiger partial charge in [-0.15, -0.1) is 0 Å².